The first-order chi connectivity index (χ1) is 12.4. The molecule has 0 aromatic heterocycles. The van der Waals surface area contributed by atoms with Crippen LogP contribution in [-0.2, 0) is 24.0 Å². The molecular formula is C15H26N4O8. The second kappa shape index (κ2) is 11.1. The molecule has 3 amide bonds. The van der Waals surface area contributed by atoms with Crippen molar-refractivity contribution in [2.24, 2.45) is 5.73 Å². The van der Waals surface area contributed by atoms with Gasteiger partial charge in [-0.2, -0.15) is 0 Å². The maximum atomic E-state index is 12.3. The molecule has 0 aliphatic carbocycles. The van der Waals surface area contributed by atoms with E-state index in [0.717, 1.165) is 6.92 Å². The van der Waals surface area contributed by atoms with Gasteiger partial charge in [0.2, 0.25) is 17.7 Å². The van der Waals surface area contributed by atoms with Crippen LogP contribution in [0.5, 0.6) is 0 Å². The first-order valence-electron chi connectivity index (χ1n) is 8.16. The normalized spacial score (nSPS) is 16.2. The van der Waals surface area contributed by atoms with Gasteiger partial charge < -0.3 is 37.0 Å². The lowest BCUT2D eigenvalue weighted by Crippen LogP contribution is -2.57. The number of carbonyl (C=O) groups excluding carboxylic acids is 3. The molecule has 27 heavy (non-hydrogen) atoms. The Labute approximate surface area is 155 Å². The Bertz CT molecular complexity index is 578. The van der Waals surface area contributed by atoms with Crippen LogP contribution in [0.4, 0.5) is 0 Å². The van der Waals surface area contributed by atoms with Crippen LogP contribution in [0.15, 0.2) is 0 Å². The maximum Gasteiger partial charge on any atom is 0.328 e. The van der Waals surface area contributed by atoms with E-state index in [1.807, 2.05) is 5.32 Å². The zero-order valence-corrected chi connectivity index (χ0v) is 15.3. The molecule has 0 aliphatic rings. The molecule has 0 fully saturated rings. The number of carboxylic acids is 2. The summed E-state index contributed by atoms with van der Waals surface area (Å²) in [4.78, 5) is 57.8. The number of nitrogens with one attached hydrogen (secondary N) is 3. The van der Waals surface area contributed by atoms with Gasteiger partial charge in [-0.3, -0.25) is 19.2 Å². The van der Waals surface area contributed by atoms with Gasteiger partial charge in [-0.1, -0.05) is 0 Å². The fraction of sp³-hybridized carbons (Fsp3) is 0.667. The summed E-state index contributed by atoms with van der Waals surface area (Å²) in [6.07, 6.45) is -2.23. The lowest BCUT2D eigenvalue weighted by atomic mass is 10.1. The van der Waals surface area contributed by atoms with Gasteiger partial charge in [0.1, 0.15) is 12.1 Å². The SMILES string of the molecule is CC(N)C(=O)NC(C)C(=O)NC(CCC(=O)O)C(=O)NC(C(=O)O)C(C)O. The Morgan fingerprint density at radius 1 is 0.889 bits per heavy atom. The van der Waals surface area contributed by atoms with E-state index in [2.05, 4.69) is 10.6 Å². The quantitative estimate of drug-likeness (QED) is 0.193. The zero-order valence-electron chi connectivity index (χ0n) is 15.3. The third kappa shape index (κ3) is 8.96. The van der Waals surface area contributed by atoms with Crippen molar-refractivity contribution in [3.63, 3.8) is 0 Å². The molecule has 0 saturated carbocycles. The Morgan fingerprint density at radius 2 is 1.44 bits per heavy atom. The van der Waals surface area contributed by atoms with Crippen LogP contribution < -0.4 is 21.7 Å². The molecule has 5 atom stereocenters. The van der Waals surface area contributed by atoms with Crippen molar-refractivity contribution in [1.82, 2.24) is 16.0 Å². The molecule has 8 N–H and O–H groups in total. The standard InChI is InChI=1S/C15H26N4O8/c1-6(16)12(23)17-7(2)13(24)18-9(4-5-10(21)22)14(25)19-11(8(3)20)15(26)27/h6-9,11,20H,4-5,16H2,1-3H3,(H,17,23)(H,18,24)(H,19,25)(H,21,22)(H,26,27). The fourth-order valence-electron chi connectivity index (χ4n) is 1.89. The molecule has 0 aliphatic heterocycles. The van der Waals surface area contributed by atoms with Gasteiger partial charge in [-0.15, -0.1) is 0 Å². The molecule has 0 bridgehead atoms. The summed E-state index contributed by atoms with van der Waals surface area (Å²) in [5.41, 5.74) is 5.37. The number of rotatable bonds is 11. The summed E-state index contributed by atoms with van der Waals surface area (Å²) in [5.74, 6) is -5.11. The summed E-state index contributed by atoms with van der Waals surface area (Å²) < 4.78 is 0. The van der Waals surface area contributed by atoms with E-state index in [4.69, 9.17) is 15.9 Å². The first kappa shape index (κ1) is 24.3. The number of carboxylic acid groups (broad SMARTS) is 2. The number of aliphatic hydroxyl groups excluding tert-OH is 1. The first-order valence-corrected chi connectivity index (χ1v) is 8.16. The zero-order chi connectivity index (χ0) is 21.3. The highest BCUT2D eigenvalue weighted by Gasteiger charge is 2.30. The smallest absolute Gasteiger partial charge is 0.328 e. The summed E-state index contributed by atoms with van der Waals surface area (Å²) in [5, 5.41) is 33.8. The van der Waals surface area contributed by atoms with Gasteiger partial charge in [0, 0.05) is 6.42 Å². The summed E-state index contributed by atoms with van der Waals surface area (Å²) in [6.45, 7) is 3.89. The van der Waals surface area contributed by atoms with Crippen molar-refractivity contribution in [2.45, 2.75) is 63.9 Å². The predicted molar refractivity (Wildman–Crippen MR) is 91.3 cm³/mol. The Hall–Kier alpha value is -2.73. The van der Waals surface area contributed by atoms with Gasteiger partial charge in [-0.05, 0) is 27.2 Å². The van der Waals surface area contributed by atoms with Gasteiger partial charge >= 0.3 is 11.9 Å². The van der Waals surface area contributed by atoms with E-state index >= 15 is 0 Å². The van der Waals surface area contributed by atoms with Crippen LogP contribution in [-0.4, -0.2) is 75.3 Å². The Balaban J connectivity index is 5.14. The van der Waals surface area contributed by atoms with Crippen LogP contribution in [0.1, 0.15) is 33.6 Å². The van der Waals surface area contributed by atoms with Crippen molar-refractivity contribution in [2.75, 3.05) is 0 Å². The lowest BCUT2D eigenvalue weighted by molar-refractivity contribution is -0.145. The van der Waals surface area contributed by atoms with Gasteiger partial charge in [0.05, 0.1) is 12.1 Å². The van der Waals surface area contributed by atoms with Crippen molar-refractivity contribution in [3.05, 3.63) is 0 Å². The van der Waals surface area contributed by atoms with E-state index in [0.29, 0.717) is 0 Å². The van der Waals surface area contributed by atoms with E-state index in [1.165, 1.54) is 13.8 Å². The number of aliphatic carboxylic acids is 2. The lowest BCUT2D eigenvalue weighted by Gasteiger charge is -2.24. The monoisotopic (exact) mass is 390 g/mol. The molecular weight excluding hydrogens is 364 g/mol. The maximum absolute atomic E-state index is 12.3. The fourth-order valence-corrected chi connectivity index (χ4v) is 1.89. The minimum absolute atomic E-state index is 0.326. The second-order valence-corrected chi connectivity index (χ2v) is 6.08. The Morgan fingerprint density at radius 3 is 1.85 bits per heavy atom. The van der Waals surface area contributed by atoms with Gasteiger partial charge in [0.15, 0.2) is 6.04 Å². The van der Waals surface area contributed by atoms with Crippen LogP contribution in [0.2, 0.25) is 0 Å². The number of nitrogens with two attached hydrogens (primary N) is 1. The van der Waals surface area contributed by atoms with Crippen molar-refractivity contribution in [1.29, 1.82) is 0 Å². The average molecular weight is 390 g/mol. The summed E-state index contributed by atoms with van der Waals surface area (Å²) >= 11 is 0. The number of carbonyl (C=O) groups is 5. The third-order valence-corrected chi connectivity index (χ3v) is 3.49. The molecule has 0 radical (unpaired) electrons. The van der Waals surface area contributed by atoms with Crippen LogP contribution in [0.25, 0.3) is 0 Å². The van der Waals surface area contributed by atoms with E-state index in [1.54, 1.807) is 0 Å². The molecule has 0 aromatic rings. The highest BCUT2D eigenvalue weighted by atomic mass is 16.4. The third-order valence-electron chi connectivity index (χ3n) is 3.49. The molecule has 0 heterocycles. The molecule has 0 saturated heterocycles. The number of amides is 3. The summed E-state index contributed by atoms with van der Waals surface area (Å²) in [7, 11) is 0. The molecule has 12 heteroatoms. The van der Waals surface area contributed by atoms with Crippen molar-refractivity contribution in [3.8, 4) is 0 Å². The topological polar surface area (TPSA) is 208 Å². The summed E-state index contributed by atoms with van der Waals surface area (Å²) in [6, 6.07) is -4.97. The van der Waals surface area contributed by atoms with Crippen LogP contribution >= 0.6 is 0 Å². The average Bonchev–Trinajstić information content (AvgIpc) is 2.54. The van der Waals surface area contributed by atoms with Crippen molar-refractivity contribution >= 4 is 29.7 Å². The molecule has 5 unspecified atom stereocenters. The minimum atomic E-state index is -1.64. The van der Waals surface area contributed by atoms with Crippen molar-refractivity contribution < 1.29 is 39.3 Å². The molecule has 0 spiro atoms. The Kier molecular flexibility index (Phi) is 9.96. The van der Waals surface area contributed by atoms with Gasteiger partial charge in [0.25, 0.3) is 0 Å². The largest absolute Gasteiger partial charge is 0.481 e. The van der Waals surface area contributed by atoms with Crippen LogP contribution in [0.3, 0.4) is 0 Å². The van der Waals surface area contributed by atoms with Crippen LogP contribution in [0, 0.1) is 0 Å². The minimum Gasteiger partial charge on any atom is -0.481 e. The van der Waals surface area contributed by atoms with Gasteiger partial charge in [-0.25, -0.2) is 4.79 Å². The number of aliphatic hydroxyl groups is 1. The highest BCUT2D eigenvalue weighted by Crippen LogP contribution is 2.02. The van der Waals surface area contributed by atoms with E-state index in [9.17, 15) is 29.1 Å². The van der Waals surface area contributed by atoms with E-state index in [-0.39, 0.29) is 6.42 Å². The molecule has 0 aromatic carbocycles. The number of hydrogen-bond donors (Lipinski definition) is 7. The van der Waals surface area contributed by atoms with E-state index < -0.39 is 66.4 Å². The molecule has 0 rings (SSSR count). The predicted octanol–water partition coefficient (Wildman–Crippen LogP) is -2.86. The molecule has 12 nitrogen and oxygen atoms in total. The highest BCUT2D eigenvalue weighted by molar-refractivity contribution is 5.94. The number of hydrogen-bond acceptors (Lipinski definition) is 7. The molecule has 154 valence electrons. The second-order valence-electron chi connectivity index (χ2n) is 6.08.